The van der Waals surface area contributed by atoms with Crippen molar-refractivity contribution >= 4 is 44.8 Å². The molecule has 0 aliphatic carbocycles. The average Bonchev–Trinajstić information content (AvgIpc) is 2.29. The number of nitro groups is 1. The quantitative estimate of drug-likeness (QED) is 0.372. The molecule has 0 unspecified atom stereocenters. The Morgan fingerprint density at radius 3 is 2.78 bits per heavy atom. The molecule has 0 spiro atoms. The molecule has 1 amide bonds. The summed E-state index contributed by atoms with van der Waals surface area (Å²) in [6, 6.07) is 4.07. The molecule has 0 bridgehead atoms. The van der Waals surface area contributed by atoms with E-state index in [1.54, 1.807) is 0 Å². The van der Waals surface area contributed by atoms with Gasteiger partial charge in [0.15, 0.2) is 0 Å². The fourth-order valence-electron chi connectivity index (χ4n) is 1.36. The first kappa shape index (κ1) is 14.9. The lowest BCUT2D eigenvalue weighted by Crippen LogP contribution is -2.12. The van der Waals surface area contributed by atoms with Crippen LogP contribution in [-0.4, -0.2) is 16.2 Å². The Labute approximate surface area is 118 Å². The maximum absolute atomic E-state index is 11.6. The number of hydrogen-bond donors (Lipinski definition) is 1. The van der Waals surface area contributed by atoms with Crippen molar-refractivity contribution < 1.29 is 9.72 Å². The number of nitrogens with zero attached hydrogens (tertiary/aromatic N) is 1. The van der Waals surface area contributed by atoms with Crippen molar-refractivity contribution in [3.8, 4) is 0 Å². The minimum absolute atomic E-state index is 0.136. The summed E-state index contributed by atoms with van der Waals surface area (Å²) in [5.41, 5.74) is -0.0235. The highest BCUT2D eigenvalue weighted by Gasteiger charge is 2.15. The van der Waals surface area contributed by atoms with Gasteiger partial charge in [-0.3, -0.25) is 14.9 Å². The lowest BCUT2D eigenvalue weighted by Gasteiger charge is -2.06. The Morgan fingerprint density at radius 2 is 2.17 bits per heavy atom. The van der Waals surface area contributed by atoms with Gasteiger partial charge in [0, 0.05) is 22.8 Å². The summed E-state index contributed by atoms with van der Waals surface area (Å²) in [5, 5.41) is 14.5. The molecule has 1 aromatic rings. The van der Waals surface area contributed by atoms with Crippen molar-refractivity contribution in [3.63, 3.8) is 0 Å². The van der Waals surface area contributed by atoms with Gasteiger partial charge in [0.25, 0.3) is 5.69 Å². The standard InChI is InChI=1S/C11H12BrClN2O3/c12-6-2-1-3-11(16)14-9-7-8(13)4-5-10(9)15(17)18/h4-5,7H,1-3,6H2,(H,14,16). The maximum Gasteiger partial charge on any atom is 0.292 e. The van der Waals surface area contributed by atoms with Gasteiger partial charge in [-0.1, -0.05) is 27.5 Å². The number of amides is 1. The van der Waals surface area contributed by atoms with Crippen LogP contribution in [0.4, 0.5) is 11.4 Å². The van der Waals surface area contributed by atoms with E-state index in [0.29, 0.717) is 11.4 Å². The maximum atomic E-state index is 11.6. The van der Waals surface area contributed by atoms with Crippen LogP contribution in [0.15, 0.2) is 18.2 Å². The van der Waals surface area contributed by atoms with E-state index in [1.165, 1.54) is 18.2 Å². The summed E-state index contributed by atoms with van der Waals surface area (Å²) in [7, 11) is 0. The number of halogens is 2. The van der Waals surface area contributed by atoms with Crippen LogP contribution in [0.25, 0.3) is 0 Å². The number of rotatable bonds is 6. The van der Waals surface area contributed by atoms with Crippen LogP contribution in [-0.2, 0) is 4.79 Å². The van der Waals surface area contributed by atoms with Crippen LogP contribution in [0.5, 0.6) is 0 Å². The second kappa shape index (κ2) is 7.33. The molecule has 18 heavy (non-hydrogen) atoms. The van der Waals surface area contributed by atoms with Crippen LogP contribution < -0.4 is 5.32 Å². The number of nitro benzene ring substituents is 1. The number of unbranched alkanes of at least 4 members (excludes halogenated alkanes) is 1. The number of alkyl halides is 1. The minimum Gasteiger partial charge on any atom is -0.320 e. The molecule has 0 aromatic heterocycles. The predicted molar refractivity (Wildman–Crippen MR) is 74.4 cm³/mol. The molecule has 0 saturated heterocycles. The summed E-state index contributed by atoms with van der Waals surface area (Å²) in [5.74, 6) is -0.249. The van der Waals surface area contributed by atoms with Gasteiger partial charge >= 0.3 is 0 Å². The number of benzene rings is 1. The number of carbonyl (C=O) groups is 1. The zero-order valence-corrected chi connectivity index (χ0v) is 11.8. The Balaban J connectivity index is 2.73. The van der Waals surface area contributed by atoms with Crippen LogP contribution in [0.3, 0.4) is 0 Å². The molecule has 0 fully saturated rings. The Kier molecular flexibility index (Phi) is 6.07. The van der Waals surface area contributed by atoms with E-state index >= 15 is 0 Å². The third-order valence-corrected chi connectivity index (χ3v) is 3.01. The first-order chi connectivity index (χ1) is 8.54. The predicted octanol–water partition coefficient (Wildman–Crippen LogP) is 3.75. The number of anilines is 1. The topological polar surface area (TPSA) is 72.2 Å². The van der Waals surface area contributed by atoms with Crippen LogP contribution in [0, 0.1) is 10.1 Å². The van der Waals surface area contributed by atoms with Gasteiger partial charge in [-0.25, -0.2) is 0 Å². The summed E-state index contributed by atoms with van der Waals surface area (Å²) < 4.78 is 0. The molecule has 0 saturated carbocycles. The zero-order chi connectivity index (χ0) is 13.5. The molecule has 0 radical (unpaired) electrons. The van der Waals surface area contributed by atoms with Gasteiger partial charge in [-0.05, 0) is 25.0 Å². The van der Waals surface area contributed by atoms with Crippen LogP contribution in [0.1, 0.15) is 19.3 Å². The molecule has 0 atom stereocenters. The van der Waals surface area contributed by atoms with Gasteiger partial charge in [-0.2, -0.15) is 0 Å². The SMILES string of the molecule is O=C(CCCCBr)Nc1cc(Cl)ccc1[N+](=O)[O-]. The van der Waals surface area contributed by atoms with Crippen molar-refractivity contribution in [2.24, 2.45) is 0 Å². The number of nitrogens with one attached hydrogen (secondary N) is 1. The molecule has 1 rings (SSSR count). The highest BCUT2D eigenvalue weighted by Crippen LogP contribution is 2.27. The van der Waals surface area contributed by atoms with Crippen LogP contribution >= 0.6 is 27.5 Å². The molecule has 1 aromatic carbocycles. The van der Waals surface area contributed by atoms with Crippen molar-refractivity contribution in [3.05, 3.63) is 33.3 Å². The minimum atomic E-state index is -0.551. The lowest BCUT2D eigenvalue weighted by molar-refractivity contribution is -0.383. The van der Waals surface area contributed by atoms with Crippen molar-refractivity contribution in [1.82, 2.24) is 0 Å². The highest BCUT2D eigenvalue weighted by atomic mass is 79.9. The number of carbonyl (C=O) groups excluding carboxylic acids is 1. The molecule has 0 heterocycles. The largest absolute Gasteiger partial charge is 0.320 e. The van der Waals surface area contributed by atoms with Gasteiger partial charge in [0.2, 0.25) is 5.91 Å². The normalized spacial score (nSPS) is 10.1. The van der Waals surface area contributed by atoms with E-state index in [-0.39, 0.29) is 17.3 Å². The van der Waals surface area contributed by atoms with E-state index in [0.717, 1.165) is 18.2 Å². The third-order valence-electron chi connectivity index (χ3n) is 2.22. The van der Waals surface area contributed by atoms with E-state index < -0.39 is 4.92 Å². The van der Waals surface area contributed by atoms with Gasteiger partial charge in [0.1, 0.15) is 5.69 Å². The van der Waals surface area contributed by atoms with Crippen molar-refractivity contribution in [2.45, 2.75) is 19.3 Å². The van der Waals surface area contributed by atoms with Crippen molar-refractivity contribution in [1.29, 1.82) is 0 Å². The van der Waals surface area contributed by atoms with E-state index in [1.807, 2.05) is 0 Å². The molecule has 5 nitrogen and oxygen atoms in total. The molecular weight excluding hydrogens is 323 g/mol. The van der Waals surface area contributed by atoms with E-state index in [2.05, 4.69) is 21.2 Å². The van der Waals surface area contributed by atoms with E-state index in [4.69, 9.17) is 11.6 Å². The molecular formula is C11H12BrClN2O3. The summed E-state index contributed by atoms with van der Waals surface area (Å²) in [4.78, 5) is 21.8. The molecule has 98 valence electrons. The monoisotopic (exact) mass is 334 g/mol. The Hall–Kier alpha value is -1.14. The molecule has 7 heteroatoms. The molecule has 0 aliphatic rings. The Bertz CT molecular complexity index is 454. The highest BCUT2D eigenvalue weighted by molar-refractivity contribution is 9.09. The van der Waals surface area contributed by atoms with Gasteiger partial charge in [-0.15, -0.1) is 0 Å². The zero-order valence-electron chi connectivity index (χ0n) is 9.49. The summed E-state index contributed by atoms with van der Waals surface area (Å²) >= 11 is 9.02. The molecule has 1 N–H and O–H groups in total. The smallest absolute Gasteiger partial charge is 0.292 e. The second-order valence-corrected chi connectivity index (χ2v) is 4.84. The fourth-order valence-corrected chi connectivity index (χ4v) is 1.93. The van der Waals surface area contributed by atoms with Gasteiger partial charge < -0.3 is 5.32 Å². The first-order valence-electron chi connectivity index (χ1n) is 5.34. The lowest BCUT2D eigenvalue weighted by atomic mass is 10.2. The van der Waals surface area contributed by atoms with Gasteiger partial charge in [0.05, 0.1) is 4.92 Å². The molecule has 0 aliphatic heterocycles. The third kappa shape index (κ3) is 4.62. The Morgan fingerprint density at radius 1 is 1.44 bits per heavy atom. The van der Waals surface area contributed by atoms with E-state index in [9.17, 15) is 14.9 Å². The second-order valence-electron chi connectivity index (χ2n) is 3.61. The first-order valence-corrected chi connectivity index (χ1v) is 6.84. The summed E-state index contributed by atoms with van der Waals surface area (Å²) in [6.45, 7) is 0. The average molecular weight is 336 g/mol. The van der Waals surface area contributed by atoms with Crippen molar-refractivity contribution in [2.75, 3.05) is 10.6 Å². The fraction of sp³-hybridized carbons (Fsp3) is 0.364. The number of hydrogen-bond acceptors (Lipinski definition) is 3. The summed E-state index contributed by atoms with van der Waals surface area (Å²) in [6.07, 6.45) is 1.94. The van der Waals surface area contributed by atoms with Crippen LogP contribution in [0.2, 0.25) is 5.02 Å².